The number of esters is 2. The summed E-state index contributed by atoms with van der Waals surface area (Å²) in [4.78, 5) is 22.9. The third-order valence-corrected chi connectivity index (χ3v) is 4.08. The van der Waals surface area contributed by atoms with E-state index in [1.54, 1.807) is 0 Å². The van der Waals surface area contributed by atoms with E-state index in [1.807, 2.05) is 6.92 Å². The average molecular weight is 363 g/mol. The van der Waals surface area contributed by atoms with E-state index in [4.69, 9.17) is 21.1 Å². The van der Waals surface area contributed by atoms with Gasteiger partial charge in [0.15, 0.2) is 0 Å². The molecule has 0 aromatic heterocycles. The Morgan fingerprint density at radius 3 is 1.62 bits per heavy atom. The van der Waals surface area contributed by atoms with Gasteiger partial charge < -0.3 is 9.47 Å². The Balaban J connectivity index is 3.28. The van der Waals surface area contributed by atoms with E-state index in [1.165, 1.54) is 32.1 Å². The normalized spacial score (nSPS) is 10.6. The molecule has 0 aromatic rings. The number of rotatable bonds is 17. The van der Waals surface area contributed by atoms with Crippen LogP contribution in [0, 0.1) is 0 Å². The van der Waals surface area contributed by atoms with Crippen LogP contribution in [0.5, 0.6) is 0 Å². The summed E-state index contributed by atoms with van der Waals surface area (Å²) in [6.07, 6.45) is 12.3. The Hall–Kier alpha value is -0.770. The minimum atomic E-state index is -0.220. The minimum Gasteiger partial charge on any atom is -0.466 e. The lowest BCUT2D eigenvalue weighted by atomic mass is 10.1. The molecule has 0 aliphatic rings. The van der Waals surface area contributed by atoms with Crippen LogP contribution < -0.4 is 0 Å². The van der Waals surface area contributed by atoms with Crippen LogP contribution in [0.4, 0.5) is 0 Å². The number of hydrogen-bond donors (Lipinski definition) is 0. The van der Waals surface area contributed by atoms with Crippen molar-refractivity contribution < 1.29 is 19.1 Å². The largest absolute Gasteiger partial charge is 0.466 e. The number of hydrogen-bond acceptors (Lipinski definition) is 4. The van der Waals surface area contributed by atoms with Crippen molar-refractivity contribution in [2.45, 2.75) is 90.4 Å². The summed E-state index contributed by atoms with van der Waals surface area (Å²) >= 11 is 5.63. The highest BCUT2D eigenvalue weighted by atomic mass is 35.5. The number of unbranched alkanes of at least 4 members (excludes halogenated alkanes) is 8. The van der Waals surface area contributed by atoms with E-state index in [-0.39, 0.29) is 11.9 Å². The molecule has 0 bridgehead atoms. The van der Waals surface area contributed by atoms with Gasteiger partial charge in [0.1, 0.15) is 0 Å². The van der Waals surface area contributed by atoms with Gasteiger partial charge in [-0.2, -0.15) is 0 Å². The van der Waals surface area contributed by atoms with Crippen molar-refractivity contribution in [2.75, 3.05) is 19.1 Å². The lowest BCUT2D eigenvalue weighted by Crippen LogP contribution is -2.09. The zero-order chi connectivity index (χ0) is 17.9. The number of alkyl halides is 1. The molecule has 0 aliphatic carbocycles. The van der Waals surface area contributed by atoms with Gasteiger partial charge in [0.25, 0.3) is 0 Å². The van der Waals surface area contributed by atoms with Gasteiger partial charge in [0.2, 0.25) is 0 Å². The lowest BCUT2D eigenvalue weighted by Gasteiger charge is -2.06. The predicted molar refractivity (Wildman–Crippen MR) is 98.3 cm³/mol. The van der Waals surface area contributed by atoms with Crippen LogP contribution in [-0.4, -0.2) is 31.0 Å². The highest BCUT2D eigenvalue weighted by molar-refractivity contribution is 6.17. The van der Waals surface area contributed by atoms with E-state index < -0.39 is 0 Å². The molecule has 0 aromatic carbocycles. The molecule has 0 amide bonds. The first-order valence-corrected chi connectivity index (χ1v) is 10.1. The molecule has 0 rings (SSSR count). The fraction of sp³-hybridized carbons (Fsp3) is 0.895. The minimum absolute atomic E-state index is 0.211. The maximum absolute atomic E-state index is 11.5. The molecule has 0 saturated heterocycles. The zero-order valence-electron chi connectivity index (χ0n) is 15.3. The summed E-state index contributed by atoms with van der Waals surface area (Å²) in [7, 11) is 0. The highest BCUT2D eigenvalue weighted by Gasteiger charge is 2.07. The molecule has 0 spiro atoms. The smallest absolute Gasteiger partial charge is 0.305 e. The van der Waals surface area contributed by atoms with Gasteiger partial charge in [-0.3, -0.25) is 9.59 Å². The zero-order valence-corrected chi connectivity index (χ0v) is 16.1. The molecule has 5 heteroatoms. The number of carbonyl (C=O) groups is 2. The third-order valence-electron chi connectivity index (χ3n) is 3.81. The third kappa shape index (κ3) is 17.6. The number of ether oxygens (including phenoxy) is 2. The van der Waals surface area contributed by atoms with E-state index in [2.05, 4.69) is 0 Å². The van der Waals surface area contributed by atoms with Crippen LogP contribution in [0.15, 0.2) is 0 Å². The molecule has 0 atom stereocenters. The molecular weight excluding hydrogens is 328 g/mol. The van der Waals surface area contributed by atoms with Crippen molar-refractivity contribution in [3.8, 4) is 0 Å². The summed E-state index contributed by atoms with van der Waals surface area (Å²) in [6.45, 7) is 3.02. The molecule has 0 unspecified atom stereocenters. The second-order valence-electron chi connectivity index (χ2n) is 6.17. The van der Waals surface area contributed by atoms with E-state index in [0.717, 1.165) is 38.0 Å². The standard InChI is InChI=1S/C19H35ClO4/c1-2-3-16-23-18(21)13-12-14-19(22)24-17-11-9-7-5-4-6-8-10-15-20/h2-17H2,1H3. The molecule has 0 N–H and O–H groups in total. The Morgan fingerprint density at radius 2 is 1.12 bits per heavy atom. The van der Waals surface area contributed by atoms with Gasteiger partial charge >= 0.3 is 11.9 Å². The monoisotopic (exact) mass is 362 g/mol. The molecular formula is C19H35ClO4. The fourth-order valence-electron chi connectivity index (χ4n) is 2.29. The van der Waals surface area contributed by atoms with Crippen LogP contribution in [0.3, 0.4) is 0 Å². The van der Waals surface area contributed by atoms with Gasteiger partial charge in [-0.15, -0.1) is 11.6 Å². The molecule has 0 heterocycles. The van der Waals surface area contributed by atoms with Crippen molar-refractivity contribution in [2.24, 2.45) is 0 Å². The predicted octanol–water partition coefficient (Wildman–Crippen LogP) is 5.40. The van der Waals surface area contributed by atoms with Gasteiger partial charge in [0, 0.05) is 18.7 Å². The summed E-state index contributed by atoms with van der Waals surface area (Å²) in [5.41, 5.74) is 0. The molecule has 0 aliphatic heterocycles. The van der Waals surface area contributed by atoms with Crippen LogP contribution in [0.25, 0.3) is 0 Å². The van der Waals surface area contributed by atoms with E-state index in [0.29, 0.717) is 32.5 Å². The molecule has 0 fully saturated rings. The second-order valence-corrected chi connectivity index (χ2v) is 6.54. The quantitative estimate of drug-likeness (QED) is 0.197. The molecule has 24 heavy (non-hydrogen) atoms. The number of halogens is 1. The summed E-state index contributed by atoms with van der Waals surface area (Å²) < 4.78 is 10.2. The SMILES string of the molecule is CCCCOC(=O)CCCC(=O)OCCCCCCCCCCCl. The van der Waals surface area contributed by atoms with Crippen LogP contribution in [0.2, 0.25) is 0 Å². The summed E-state index contributed by atoms with van der Waals surface area (Å²) in [6, 6.07) is 0. The van der Waals surface area contributed by atoms with E-state index >= 15 is 0 Å². The van der Waals surface area contributed by atoms with Gasteiger partial charge in [0.05, 0.1) is 13.2 Å². The second kappa shape index (κ2) is 18.6. The highest BCUT2D eigenvalue weighted by Crippen LogP contribution is 2.09. The van der Waals surface area contributed by atoms with Crippen molar-refractivity contribution in [3.63, 3.8) is 0 Å². The maximum Gasteiger partial charge on any atom is 0.305 e. The van der Waals surface area contributed by atoms with Crippen LogP contribution in [0.1, 0.15) is 90.4 Å². The summed E-state index contributed by atoms with van der Waals surface area (Å²) in [5.74, 6) is 0.338. The van der Waals surface area contributed by atoms with Crippen molar-refractivity contribution >= 4 is 23.5 Å². The molecule has 0 saturated carbocycles. The molecule has 4 nitrogen and oxygen atoms in total. The fourth-order valence-corrected chi connectivity index (χ4v) is 2.48. The Bertz CT molecular complexity index is 308. The number of carbonyl (C=O) groups excluding carboxylic acids is 2. The van der Waals surface area contributed by atoms with Gasteiger partial charge in [-0.1, -0.05) is 51.9 Å². The van der Waals surface area contributed by atoms with Crippen molar-refractivity contribution in [1.82, 2.24) is 0 Å². The molecule has 142 valence electrons. The molecule has 0 radical (unpaired) electrons. The Kier molecular flexibility index (Phi) is 18.0. The topological polar surface area (TPSA) is 52.6 Å². The Labute approximate surface area is 152 Å². The first-order valence-electron chi connectivity index (χ1n) is 9.58. The van der Waals surface area contributed by atoms with Gasteiger partial charge in [-0.25, -0.2) is 0 Å². The first kappa shape index (κ1) is 23.2. The lowest BCUT2D eigenvalue weighted by molar-refractivity contribution is -0.145. The Morgan fingerprint density at radius 1 is 0.667 bits per heavy atom. The van der Waals surface area contributed by atoms with E-state index in [9.17, 15) is 9.59 Å². The summed E-state index contributed by atoms with van der Waals surface area (Å²) in [5, 5.41) is 0. The maximum atomic E-state index is 11.5. The van der Waals surface area contributed by atoms with Crippen molar-refractivity contribution in [3.05, 3.63) is 0 Å². The van der Waals surface area contributed by atoms with Gasteiger partial charge in [-0.05, 0) is 25.7 Å². The first-order chi connectivity index (χ1) is 11.7. The van der Waals surface area contributed by atoms with Crippen LogP contribution >= 0.6 is 11.6 Å². The average Bonchev–Trinajstić information content (AvgIpc) is 2.57. The van der Waals surface area contributed by atoms with Crippen molar-refractivity contribution in [1.29, 1.82) is 0 Å². The van der Waals surface area contributed by atoms with Crippen LogP contribution in [-0.2, 0) is 19.1 Å².